The molecule has 0 unspecified atom stereocenters. The van der Waals surface area contributed by atoms with Gasteiger partial charge in [0.25, 0.3) is 0 Å². The van der Waals surface area contributed by atoms with Crippen molar-refractivity contribution < 1.29 is 9.53 Å². The summed E-state index contributed by atoms with van der Waals surface area (Å²) in [5.74, 6) is 1.77. The van der Waals surface area contributed by atoms with E-state index in [4.69, 9.17) is 4.74 Å². The van der Waals surface area contributed by atoms with Crippen molar-refractivity contribution in [2.24, 2.45) is 11.8 Å². The summed E-state index contributed by atoms with van der Waals surface area (Å²) in [7, 11) is 0. The zero-order chi connectivity index (χ0) is 14.7. The Morgan fingerprint density at radius 3 is 2.86 bits per heavy atom. The van der Waals surface area contributed by atoms with Crippen LogP contribution in [-0.2, 0) is 16.0 Å². The summed E-state index contributed by atoms with van der Waals surface area (Å²) >= 11 is 0. The molecule has 3 rings (SSSR count). The Hall–Kier alpha value is -1.15. The summed E-state index contributed by atoms with van der Waals surface area (Å²) in [6, 6.07) is 9.95. The third-order valence-corrected chi connectivity index (χ3v) is 5.50. The summed E-state index contributed by atoms with van der Waals surface area (Å²) < 4.78 is 6.14. The minimum absolute atomic E-state index is 0.0662. The van der Waals surface area contributed by atoms with Crippen LogP contribution in [0.5, 0.6) is 0 Å². The van der Waals surface area contributed by atoms with Crippen LogP contribution in [0.3, 0.4) is 0 Å². The van der Waals surface area contributed by atoms with Crippen molar-refractivity contribution in [3.8, 4) is 0 Å². The first-order valence-corrected chi connectivity index (χ1v) is 8.35. The number of hydrogen-bond acceptors (Lipinski definition) is 2. The van der Waals surface area contributed by atoms with E-state index in [1.165, 1.54) is 32.1 Å². The molecule has 0 N–H and O–H groups in total. The van der Waals surface area contributed by atoms with Crippen LogP contribution in [0.1, 0.15) is 51.0 Å². The summed E-state index contributed by atoms with van der Waals surface area (Å²) in [4.78, 5) is 12.1. The number of ketones is 1. The van der Waals surface area contributed by atoms with E-state index in [2.05, 4.69) is 6.92 Å². The molecule has 2 nitrogen and oxygen atoms in total. The number of fused-ring (bicyclic) bond motifs is 2. The highest BCUT2D eigenvalue weighted by Crippen LogP contribution is 2.46. The van der Waals surface area contributed by atoms with Crippen LogP contribution in [-0.4, -0.2) is 18.0 Å². The zero-order valence-electron chi connectivity index (χ0n) is 13.0. The summed E-state index contributed by atoms with van der Waals surface area (Å²) in [5.41, 5.74) is 1.01. The van der Waals surface area contributed by atoms with Crippen LogP contribution in [0, 0.1) is 11.8 Å². The molecule has 3 atom stereocenters. The maximum atomic E-state index is 12.1. The van der Waals surface area contributed by atoms with Crippen molar-refractivity contribution in [3.63, 3.8) is 0 Å². The van der Waals surface area contributed by atoms with Gasteiger partial charge in [0.05, 0.1) is 5.60 Å². The topological polar surface area (TPSA) is 26.3 Å². The molecule has 0 aromatic heterocycles. The minimum Gasteiger partial charge on any atom is -0.367 e. The van der Waals surface area contributed by atoms with Gasteiger partial charge in [0.2, 0.25) is 0 Å². The second-order valence-corrected chi connectivity index (χ2v) is 7.07. The van der Waals surface area contributed by atoms with E-state index in [0.29, 0.717) is 12.3 Å². The summed E-state index contributed by atoms with van der Waals surface area (Å²) in [5, 5.41) is 0. The molecule has 0 spiro atoms. The number of carbonyl (C=O) groups is 1. The number of Topliss-reactive ketones (excluding diaryl/α,β-unsaturated/α-hetero) is 1. The molecule has 2 saturated carbocycles. The lowest BCUT2D eigenvalue weighted by atomic mass is 9.65. The fraction of sp³-hybridized carbons (Fsp3) is 0.632. The van der Waals surface area contributed by atoms with Gasteiger partial charge >= 0.3 is 0 Å². The Balaban J connectivity index is 1.53. The smallest absolute Gasteiger partial charge is 0.162 e. The second kappa shape index (κ2) is 6.31. The van der Waals surface area contributed by atoms with Gasteiger partial charge in [-0.05, 0) is 50.0 Å². The van der Waals surface area contributed by atoms with Gasteiger partial charge in [0, 0.05) is 6.42 Å². The third kappa shape index (κ3) is 3.55. The molecule has 0 radical (unpaired) electrons. The van der Waals surface area contributed by atoms with Gasteiger partial charge in [-0.25, -0.2) is 0 Å². The molecule has 2 heteroatoms. The molecule has 1 aromatic rings. The summed E-state index contributed by atoms with van der Waals surface area (Å²) in [6.07, 6.45) is 8.22. The van der Waals surface area contributed by atoms with E-state index < -0.39 is 0 Å². The first-order valence-electron chi connectivity index (χ1n) is 8.35. The van der Waals surface area contributed by atoms with E-state index in [-0.39, 0.29) is 18.0 Å². The van der Waals surface area contributed by atoms with Crippen molar-refractivity contribution >= 4 is 5.78 Å². The average Bonchev–Trinajstić information content (AvgIpc) is 2.51. The highest BCUT2D eigenvalue weighted by molar-refractivity contribution is 5.82. The molecule has 2 aliphatic rings. The lowest BCUT2D eigenvalue weighted by Crippen LogP contribution is -2.45. The monoisotopic (exact) mass is 286 g/mol. The second-order valence-electron chi connectivity index (χ2n) is 7.07. The van der Waals surface area contributed by atoms with Crippen molar-refractivity contribution in [3.05, 3.63) is 35.9 Å². The number of benzene rings is 1. The lowest BCUT2D eigenvalue weighted by Gasteiger charge is -2.47. The number of rotatable bonds is 5. The molecule has 0 heterocycles. The maximum absolute atomic E-state index is 12.1. The van der Waals surface area contributed by atoms with E-state index in [9.17, 15) is 4.79 Å². The van der Waals surface area contributed by atoms with Crippen LogP contribution in [0.15, 0.2) is 30.3 Å². The highest BCUT2D eigenvalue weighted by atomic mass is 16.5. The Morgan fingerprint density at radius 2 is 2.05 bits per heavy atom. The van der Waals surface area contributed by atoms with Crippen molar-refractivity contribution in [2.75, 3.05) is 6.61 Å². The van der Waals surface area contributed by atoms with Crippen molar-refractivity contribution in [1.82, 2.24) is 0 Å². The van der Waals surface area contributed by atoms with E-state index in [0.717, 1.165) is 17.9 Å². The Morgan fingerprint density at radius 1 is 1.24 bits per heavy atom. The van der Waals surface area contributed by atoms with Gasteiger partial charge in [-0.15, -0.1) is 0 Å². The van der Waals surface area contributed by atoms with Crippen molar-refractivity contribution in [1.29, 1.82) is 0 Å². The van der Waals surface area contributed by atoms with Crippen LogP contribution in [0.2, 0.25) is 0 Å². The molecule has 2 fully saturated rings. The van der Waals surface area contributed by atoms with Gasteiger partial charge < -0.3 is 4.74 Å². The fourth-order valence-corrected chi connectivity index (χ4v) is 4.11. The fourth-order valence-electron chi connectivity index (χ4n) is 4.11. The quantitative estimate of drug-likeness (QED) is 0.812. The number of hydrogen-bond donors (Lipinski definition) is 0. The molecule has 21 heavy (non-hydrogen) atoms. The molecule has 114 valence electrons. The predicted molar refractivity (Wildman–Crippen MR) is 84.2 cm³/mol. The largest absolute Gasteiger partial charge is 0.367 e. The zero-order valence-corrected chi connectivity index (χ0v) is 13.0. The maximum Gasteiger partial charge on any atom is 0.162 e. The lowest BCUT2D eigenvalue weighted by molar-refractivity contribution is -0.144. The SMILES string of the molecule is C[C@@]1(OCC(=O)Cc2ccccc2)CC[C@H]2CCC[C@@H]1C2. The molecule has 0 saturated heterocycles. The molecule has 1 aromatic carbocycles. The molecule has 2 aliphatic carbocycles. The van der Waals surface area contributed by atoms with Gasteiger partial charge in [0.1, 0.15) is 6.61 Å². The molecular formula is C19H26O2. The molecule has 0 aliphatic heterocycles. The number of ether oxygens (including phenoxy) is 1. The van der Waals surface area contributed by atoms with Crippen molar-refractivity contribution in [2.45, 2.75) is 57.5 Å². The van der Waals surface area contributed by atoms with Gasteiger partial charge in [0.15, 0.2) is 5.78 Å². The summed E-state index contributed by atoms with van der Waals surface area (Å²) in [6.45, 7) is 2.50. The average molecular weight is 286 g/mol. The normalized spacial score (nSPS) is 31.9. The third-order valence-electron chi connectivity index (χ3n) is 5.50. The van der Waals surface area contributed by atoms with E-state index >= 15 is 0 Å². The van der Waals surface area contributed by atoms with E-state index in [1.807, 2.05) is 30.3 Å². The highest BCUT2D eigenvalue weighted by Gasteiger charge is 2.42. The Kier molecular flexibility index (Phi) is 4.44. The standard InChI is InChI=1S/C19H26O2/c1-19(11-10-16-8-5-9-17(19)12-16)21-14-18(20)13-15-6-3-2-4-7-15/h2-4,6-7,16-17H,5,8-14H2,1H3/t16-,17-,19-/m1/s1. The predicted octanol–water partition coefficient (Wildman–Crippen LogP) is 4.17. The minimum atomic E-state index is -0.0662. The van der Waals surface area contributed by atoms with Gasteiger partial charge in [-0.3, -0.25) is 4.79 Å². The van der Waals surface area contributed by atoms with E-state index in [1.54, 1.807) is 0 Å². The van der Waals surface area contributed by atoms with Gasteiger partial charge in [-0.2, -0.15) is 0 Å². The Bertz CT molecular complexity index is 482. The first-order chi connectivity index (χ1) is 10.2. The molecule has 2 bridgehead atoms. The first kappa shape index (κ1) is 14.8. The molecular weight excluding hydrogens is 260 g/mol. The van der Waals surface area contributed by atoms with Crippen LogP contribution in [0.4, 0.5) is 0 Å². The number of carbonyl (C=O) groups excluding carboxylic acids is 1. The molecule has 0 amide bonds. The van der Waals surface area contributed by atoms with Crippen LogP contribution < -0.4 is 0 Å². The van der Waals surface area contributed by atoms with Crippen LogP contribution >= 0.6 is 0 Å². The van der Waals surface area contributed by atoms with Gasteiger partial charge in [-0.1, -0.05) is 43.2 Å². The Labute approximate surface area is 127 Å². The van der Waals surface area contributed by atoms with Crippen LogP contribution in [0.25, 0.3) is 0 Å².